The molecule has 0 atom stereocenters. The number of sulfonamides is 1. The summed E-state index contributed by atoms with van der Waals surface area (Å²) in [4.78, 5) is 19.3. The van der Waals surface area contributed by atoms with Crippen LogP contribution in [-0.4, -0.2) is 44.7 Å². The van der Waals surface area contributed by atoms with Crippen LogP contribution in [0, 0.1) is 6.92 Å². The lowest BCUT2D eigenvalue weighted by molar-refractivity contribution is -0.137. The van der Waals surface area contributed by atoms with Crippen LogP contribution in [-0.2, 0) is 22.7 Å². The number of alkyl halides is 3. The van der Waals surface area contributed by atoms with Crippen LogP contribution >= 0.6 is 0 Å². The van der Waals surface area contributed by atoms with Gasteiger partial charge in [-0.2, -0.15) is 18.2 Å². The number of benzene rings is 2. The molecule has 0 aliphatic rings. The lowest BCUT2D eigenvalue weighted by Crippen LogP contribution is -2.26. The van der Waals surface area contributed by atoms with Gasteiger partial charge in [-0.3, -0.25) is 9.10 Å². The number of carbonyl (C=O) groups excluding carboxylic acids is 1. The Kier molecular flexibility index (Phi) is 7.81. The maximum Gasteiger partial charge on any atom is 0.421 e. The SMILES string of the molecule is COc1ccc(CNc2nc(Nc3cc(C(N)=O)ccc3C)ncc2C(F)(F)F)c(N(C)S(C)(=O)=O)c1. The van der Waals surface area contributed by atoms with Gasteiger partial charge in [0.2, 0.25) is 21.9 Å². The Morgan fingerprint density at radius 2 is 1.89 bits per heavy atom. The van der Waals surface area contributed by atoms with Crippen molar-refractivity contribution in [2.45, 2.75) is 19.6 Å². The number of nitrogens with one attached hydrogen (secondary N) is 2. The third-order valence-corrected chi connectivity index (χ3v) is 6.63. The molecule has 37 heavy (non-hydrogen) atoms. The number of aryl methyl sites for hydroxylation is 1. The highest BCUT2D eigenvalue weighted by Crippen LogP contribution is 2.35. The van der Waals surface area contributed by atoms with Gasteiger partial charge in [-0.1, -0.05) is 12.1 Å². The Morgan fingerprint density at radius 3 is 2.49 bits per heavy atom. The van der Waals surface area contributed by atoms with E-state index < -0.39 is 33.5 Å². The normalized spacial score (nSPS) is 11.6. The van der Waals surface area contributed by atoms with Gasteiger partial charge in [-0.15, -0.1) is 0 Å². The smallest absolute Gasteiger partial charge is 0.421 e. The van der Waals surface area contributed by atoms with E-state index in [2.05, 4.69) is 20.6 Å². The summed E-state index contributed by atoms with van der Waals surface area (Å²) in [6.45, 7) is 1.52. The number of amides is 1. The Morgan fingerprint density at radius 1 is 1.19 bits per heavy atom. The fourth-order valence-corrected chi connectivity index (χ4v) is 3.81. The van der Waals surface area contributed by atoms with Gasteiger partial charge in [0, 0.05) is 37.1 Å². The number of hydrogen-bond acceptors (Lipinski definition) is 8. The largest absolute Gasteiger partial charge is 0.497 e. The van der Waals surface area contributed by atoms with Crippen molar-refractivity contribution in [3.05, 3.63) is 64.8 Å². The average molecular weight is 539 g/mol. The summed E-state index contributed by atoms with van der Waals surface area (Å²) in [6.07, 6.45) is -3.14. The van der Waals surface area contributed by atoms with Gasteiger partial charge in [0.25, 0.3) is 0 Å². The van der Waals surface area contributed by atoms with Crippen LogP contribution in [0.4, 0.5) is 36.3 Å². The molecule has 4 N–H and O–H groups in total. The van der Waals surface area contributed by atoms with E-state index in [1.807, 2.05) is 0 Å². The number of methoxy groups -OCH3 is 1. The summed E-state index contributed by atoms with van der Waals surface area (Å²) in [6, 6.07) is 9.14. The van der Waals surface area contributed by atoms with E-state index >= 15 is 0 Å². The molecule has 0 aliphatic heterocycles. The molecular formula is C23H25F3N6O4S. The number of hydrogen-bond donors (Lipinski definition) is 3. The van der Waals surface area contributed by atoms with Gasteiger partial charge in [-0.25, -0.2) is 13.4 Å². The minimum absolute atomic E-state index is 0.163. The quantitative estimate of drug-likeness (QED) is 0.375. The minimum atomic E-state index is -4.77. The molecule has 198 valence electrons. The molecule has 1 heterocycles. The fraction of sp³-hybridized carbons (Fsp3) is 0.261. The highest BCUT2D eigenvalue weighted by Gasteiger charge is 2.35. The second-order valence-corrected chi connectivity index (χ2v) is 10.1. The van der Waals surface area contributed by atoms with Gasteiger partial charge in [0.15, 0.2) is 0 Å². The highest BCUT2D eigenvalue weighted by atomic mass is 32.2. The van der Waals surface area contributed by atoms with Crippen molar-refractivity contribution in [2.24, 2.45) is 5.73 Å². The van der Waals surface area contributed by atoms with E-state index in [0.717, 1.165) is 10.6 Å². The predicted molar refractivity (Wildman–Crippen MR) is 134 cm³/mol. The molecule has 3 rings (SSSR count). The Bertz CT molecular complexity index is 1430. The predicted octanol–water partition coefficient (Wildman–Crippen LogP) is 3.66. The monoisotopic (exact) mass is 538 g/mol. The van der Waals surface area contributed by atoms with Crippen molar-refractivity contribution in [3.8, 4) is 5.75 Å². The summed E-state index contributed by atoms with van der Waals surface area (Å²) >= 11 is 0. The number of rotatable bonds is 9. The Labute approximate surface area is 211 Å². The first-order chi connectivity index (χ1) is 17.2. The van der Waals surface area contributed by atoms with Crippen molar-refractivity contribution in [1.82, 2.24) is 9.97 Å². The number of primary amides is 1. The molecule has 0 bridgehead atoms. The van der Waals surface area contributed by atoms with Crippen LogP contribution in [0.1, 0.15) is 27.0 Å². The zero-order chi connectivity index (χ0) is 27.5. The molecule has 14 heteroatoms. The van der Waals surface area contributed by atoms with Crippen LogP contribution in [0.3, 0.4) is 0 Å². The average Bonchev–Trinajstić information content (AvgIpc) is 2.82. The molecule has 0 aliphatic carbocycles. The van der Waals surface area contributed by atoms with Crippen molar-refractivity contribution in [3.63, 3.8) is 0 Å². The van der Waals surface area contributed by atoms with E-state index in [4.69, 9.17) is 10.5 Å². The van der Waals surface area contributed by atoms with Gasteiger partial charge >= 0.3 is 6.18 Å². The molecule has 2 aromatic carbocycles. The van der Waals surface area contributed by atoms with E-state index in [-0.39, 0.29) is 23.7 Å². The number of ether oxygens (including phenoxy) is 1. The van der Waals surface area contributed by atoms with Gasteiger partial charge in [-0.05, 0) is 36.2 Å². The van der Waals surface area contributed by atoms with Crippen LogP contribution in [0.15, 0.2) is 42.6 Å². The number of nitrogens with two attached hydrogens (primary N) is 1. The standard InChI is InChI=1S/C23H25F3N6O4S/c1-13-5-6-14(20(27)33)9-18(13)30-22-29-12-17(23(24,25)26)21(31-22)28-11-15-7-8-16(36-3)10-19(15)32(2)37(4,34)35/h5-10,12H,11H2,1-4H3,(H2,27,33)(H2,28,29,30,31). The minimum Gasteiger partial charge on any atom is -0.497 e. The molecule has 0 saturated carbocycles. The van der Waals surface area contributed by atoms with E-state index in [1.54, 1.807) is 19.1 Å². The second kappa shape index (κ2) is 10.5. The lowest BCUT2D eigenvalue weighted by atomic mass is 10.1. The molecule has 1 aromatic heterocycles. The molecule has 0 unspecified atom stereocenters. The van der Waals surface area contributed by atoms with Crippen LogP contribution in [0.5, 0.6) is 5.75 Å². The first-order valence-corrected chi connectivity index (χ1v) is 12.5. The van der Waals surface area contributed by atoms with E-state index in [0.29, 0.717) is 28.8 Å². The molecular weight excluding hydrogens is 513 g/mol. The molecule has 1 amide bonds. The van der Waals surface area contributed by atoms with Gasteiger partial charge in [0.05, 0.1) is 19.1 Å². The molecule has 0 fully saturated rings. The number of carbonyl (C=O) groups is 1. The molecule has 0 saturated heterocycles. The van der Waals surface area contributed by atoms with Crippen molar-refractivity contribution in [1.29, 1.82) is 0 Å². The maximum absolute atomic E-state index is 13.7. The molecule has 10 nitrogen and oxygen atoms in total. The number of anilines is 4. The summed E-state index contributed by atoms with van der Waals surface area (Å²) < 4.78 is 71.5. The molecule has 3 aromatic rings. The summed E-state index contributed by atoms with van der Waals surface area (Å²) in [7, 11) is -0.942. The van der Waals surface area contributed by atoms with Crippen LogP contribution < -0.4 is 25.4 Å². The second-order valence-electron chi connectivity index (χ2n) is 8.05. The number of halogens is 3. The van der Waals surface area contributed by atoms with Crippen LogP contribution in [0.25, 0.3) is 0 Å². The van der Waals surface area contributed by atoms with E-state index in [9.17, 15) is 26.4 Å². The van der Waals surface area contributed by atoms with Crippen molar-refractivity contribution >= 4 is 39.1 Å². The third-order valence-electron chi connectivity index (χ3n) is 5.44. The number of nitrogens with zero attached hydrogens (tertiary/aromatic N) is 3. The summed E-state index contributed by atoms with van der Waals surface area (Å²) in [5.74, 6) is -0.999. The lowest BCUT2D eigenvalue weighted by Gasteiger charge is -2.22. The van der Waals surface area contributed by atoms with Gasteiger partial charge in [0.1, 0.15) is 17.1 Å². The van der Waals surface area contributed by atoms with E-state index in [1.165, 1.54) is 38.4 Å². The van der Waals surface area contributed by atoms with Crippen molar-refractivity contribution < 1.29 is 31.1 Å². The first-order valence-electron chi connectivity index (χ1n) is 10.7. The summed E-state index contributed by atoms with van der Waals surface area (Å²) in [5.41, 5.74) is 6.04. The zero-order valence-electron chi connectivity index (χ0n) is 20.3. The first kappa shape index (κ1) is 27.5. The Balaban J connectivity index is 1.98. The fourth-order valence-electron chi connectivity index (χ4n) is 3.29. The number of aromatic nitrogens is 2. The topological polar surface area (TPSA) is 140 Å². The molecule has 0 radical (unpaired) electrons. The maximum atomic E-state index is 13.7. The van der Waals surface area contributed by atoms with Gasteiger partial charge < -0.3 is 21.1 Å². The third kappa shape index (κ3) is 6.58. The summed E-state index contributed by atoms with van der Waals surface area (Å²) in [5, 5.41) is 5.45. The van der Waals surface area contributed by atoms with Crippen LogP contribution in [0.2, 0.25) is 0 Å². The molecule has 0 spiro atoms. The highest BCUT2D eigenvalue weighted by molar-refractivity contribution is 7.92. The van der Waals surface area contributed by atoms with Crippen molar-refractivity contribution in [2.75, 3.05) is 35.4 Å². The zero-order valence-corrected chi connectivity index (χ0v) is 21.2. The Hall–Kier alpha value is -4.07.